The first-order chi connectivity index (χ1) is 9.98. The summed E-state index contributed by atoms with van der Waals surface area (Å²) < 4.78 is 5.64. The molecule has 22 heavy (non-hydrogen) atoms. The minimum Gasteiger partial charge on any atom is -0.467 e. The van der Waals surface area contributed by atoms with Crippen LogP contribution in [0, 0.1) is 10.8 Å². The number of hydrogen-bond acceptors (Lipinski definition) is 5. The molecule has 5 nitrogen and oxygen atoms in total. The summed E-state index contributed by atoms with van der Waals surface area (Å²) >= 11 is 0. The minimum atomic E-state index is -2.07. The highest BCUT2D eigenvalue weighted by Crippen LogP contribution is 2.48. The van der Waals surface area contributed by atoms with Gasteiger partial charge in [0.05, 0.1) is 0 Å². The summed E-state index contributed by atoms with van der Waals surface area (Å²) in [5, 5.41) is 0. The summed E-state index contributed by atoms with van der Waals surface area (Å²) in [6.07, 6.45) is 0.821. The van der Waals surface area contributed by atoms with Crippen LogP contribution in [0.3, 0.4) is 0 Å². The topological polar surface area (TPSA) is 77.5 Å². The van der Waals surface area contributed by atoms with E-state index < -0.39 is 28.4 Å². The van der Waals surface area contributed by atoms with Crippen molar-refractivity contribution in [2.24, 2.45) is 10.8 Å². The Morgan fingerprint density at radius 2 is 1.27 bits per heavy atom. The number of ether oxygens (including phenoxy) is 1. The van der Waals surface area contributed by atoms with Crippen molar-refractivity contribution in [3.8, 4) is 0 Å². The molecule has 1 aliphatic heterocycles. The van der Waals surface area contributed by atoms with Gasteiger partial charge in [-0.1, -0.05) is 27.7 Å². The van der Waals surface area contributed by atoms with Gasteiger partial charge < -0.3 is 4.74 Å². The number of ketones is 4. The average molecular weight is 304 g/mol. The second kappa shape index (κ2) is 4.15. The quantitative estimate of drug-likeness (QED) is 0.505. The van der Waals surface area contributed by atoms with E-state index in [1.54, 1.807) is 0 Å². The van der Waals surface area contributed by atoms with Gasteiger partial charge in [0, 0.05) is 25.7 Å². The van der Waals surface area contributed by atoms with Crippen LogP contribution in [0.25, 0.3) is 0 Å². The number of carbonyl (C=O) groups excluding carboxylic acids is 4. The molecule has 0 radical (unpaired) electrons. The van der Waals surface area contributed by atoms with Gasteiger partial charge in [-0.2, -0.15) is 0 Å². The maximum atomic E-state index is 12.7. The van der Waals surface area contributed by atoms with Crippen molar-refractivity contribution in [3.05, 3.63) is 11.3 Å². The third kappa shape index (κ3) is 1.91. The van der Waals surface area contributed by atoms with Gasteiger partial charge in [0.2, 0.25) is 5.78 Å². The van der Waals surface area contributed by atoms with Crippen LogP contribution in [-0.2, 0) is 23.9 Å². The molecule has 5 heteroatoms. The molecule has 1 saturated carbocycles. The third-order valence-corrected chi connectivity index (χ3v) is 4.72. The van der Waals surface area contributed by atoms with E-state index in [0.717, 1.165) is 0 Å². The second-order valence-electron chi connectivity index (χ2n) is 8.22. The van der Waals surface area contributed by atoms with Crippen LogP contribution >= 0.6 is 0 Å². The molecule has 0 saturated heterocycles. The zero-order chi connectivity index (χ0) is 16.5. The van der Waals surface area contributed by atoms with Gasteiger partial charge in [-0.15, -0.1) is 0 Å². The van der Waals surface area contributed by atoms with Crippen LogP contribution in [0.4, 0.5) is 0 Å². The zero-order valence-corrected chi connectivity index (χ0v) is 13.4. The number of allylic oxidation sites excluding steroid dienone is 1. The van der Waals surface area contributed by atoms with Gasteiger partial charge >= 0.3 is 0 Å². The van der Waals surface area contributed by atoms with E-state index >= 15 is 0 Å². The molecule has 0 amide bonds. The number of hydrogen-bond donors (Lipinski definition) is 0. The second-order valence-corrected chi connectivity index (χ2v) is 8.22. The fourth-order valence-corrected chi connectivity index (χ4v) is 3.71. The monoisotopic (exact) mass is 304 g/mol. The molecule has 118 valence electrons. The summed E-state index contributed by atoms with van der Waals surface area (Å²) in [5.74, 6) is -1.85. The first-order valence-electron chi connectivity index (χ1n) is 7.55. The Balaban J connectivity index is 2.04. The molecule has 0 aromatic heterocycles. The minimum absolute atomic E-state index is 0.0549. The van der Waals surface area contributed by atoms with E-state index in [9.17, 15) is 19.2 Å². The lowest BCUT2D eigenvalue weighted by molar-refractivity contribution is -0.163. The van der Waals surface area contributed by atoms with Crippen molar-refractivity contribution in [2.75, 3.05) is 0 Å². The van der Waals surface area contributed by atoms with E-state index in [1.807, 2.05) is 27.7 Å². The smallest absolute Gasteiger partial charge is 0.285 e. The fraction of sp³-hybridized carbons (Fsp3) is 0.647. The molecule has 0 N–H and O–H groups in total. The lowest BCUT2D eigenvalue weighted by atomic mass is 9.67. The normalized spacial score (nSPS) is 28.9. The maximum Gasteiger partial charge on any atom is 0.285 e. The Labute approximate surface area is 129 Å². The molecule has 0 aromatic rings. The molecule has 0 bridgehead atoms. The Kier molecular flexibility index (Phi) is 2.85. The van der Waals surface area contributed by atoms with E-state index in [-0.39, 0.29) is 41.8 Å². The highest BCUT2D eigenvalue weighted by molar-refractivity contribution is 6.40. The molecule has 0 unspecified atom stereocenters. The zero-order valence-electron chi connectivity index (χ0n) is 13.4. The predicted molar refractivity (Wildman–Crippen MR) is 76.9 cm³/mol. The first-order valence-corrected chi connectivity index (χ1v) is 7.55. The SMILES string of the molecule is CC1(C)CC(=O)C2(OC3=C(C(=O)CC(C)(C)C3)C2=O)C(=O)C1. The Morgan fingerprint density at radius 3 is 1.82 bits per heavy atom. The summed E-state index contributed by atoms with van der Waals surface area (Å²) in [6, 6.07) is 0. The van der Waals surface area contributed by atoms with Crippen molar-refractivity contribution in [1.29, 1.82) is 0 Å². The largest absolute Gasteiger partial charge is 0.467 e. The van der Waals surface area contributed by atoms with Gasteiger partial charge in [0.1, 0.15) is 11.3 Å². The van der Waals surface area contributed by atoms with Crippen molar-refractivity contribution >= 4 is 23.1 Å². The standard InChI is InChI=1S/C17H20O5/c1-15(2)5-9(18)13-10(6-15)22-17(14(13)21)11(19)7-16(3,4)8-12(17)20/h5-8H2,1-4H3. The van der Waals surface area contributed by atoms with Crippen molar-refractivity contribution in [3.63, 3.8) is 0 Å². The molecule has 1 fully saturated rings. The molecule has 2 aliphatic carbocycles. The van der Waals surface area contributed by atoms with Crippen LogP contribution in [0.2, 0.25) is 0 Å². The van der Waals surface area contributed by atoms with Crippen molar-refractivity contribution in [1.82, 2.24) is 0 Å². The van der Waals surface area contributed by atoms with Crippen molar-refractivity contribution in [2.45, 2.75) is 59.0 Å². The summed E-state index contributed by atoms with van der Waals surface area (Å²) in [4.78, 5) is 50.1. The van der Waals surface area contributed by atoms with Gasteiger partial charge in [-0.3, -0.25) is 19.2 Å². The van der Waals surface area contributed by atoms with Crippen LogP contribution in [-0.4, -0.2) is 28.7 Å². The number of rotatable bonds is 0. The Hall–Kier alpha value is -1.78. The molecule has 0 atom stereocenters. The van der Waals surface area contributed by atoms with Crippen LogP contribution in [0.1, 0.15) is 53.4 Å². The summed E-state index contributed by atoms with van der Waals surface area (Å²) in [7, 11) is 0. The van der Waals surface area contributed by atoms with E-state index in [4.69, 9.17) is 4.74 Å². The molecule has 1 heterocycles. The van der Waals surface area contributed by atoms with Gasteiger partial charge in [-0.05, 0) is 10.8 Å². The van der Waals surface area contributed by atoms with E-state index in [2.05, 4.69) is 0 Å². The fourth-order valence-electron chi connectivity index (χ4n) is 3.71. The molecule has 3 rings (SSSR count). The summed E-state index contributed by atoms with van der Waals surface area (Å²) in [6.45, 7) is 7.44. The lowest BCUT2D eigenvalue weighted by Gasteiger charge is -2.37. The lowest BCUT2D eigenvalue weighted by Crippen LogP contribution is -2.58. The molecular formula is C17H20O5. The molecule has 1 spiro atoms. The first kappa shape index (κ1) is 15.1. The molecular weight excluding hydrogens is 284 g/mol. The molecule has 3 aliphatic rings. The van der Waals surface area contributed by atoms with Crippen LogP contribution in [0.5, 0.6) is 0 Å². The molecule has 0 aromatic carbocycles. The predicted octanol–water partition coefficient (Wildman–Crippen LogP) is 1.93. The van der Waals surface area contributed by atoms with E-state index in [0.29, 0.717) is 6.42 Å². The average Bonchev–Trinajstić information content (AvgIpc) is 2.58. The van der Waals surface area contributed by atoms with E-state index in [1.165, 1.54) is 0 Å². The van der Waals surface area contributed by atoms with Crippen molar-refractivity contribution < 1.29 is 23.9 Å². The van der Waals surface area contributed by atoms with Crippen LogP contribution < -0.4 is 0 Å². The number of Topliss-reactive ketones (excluding diaryl/α,β-unsaturated/α-hetero) is 4. The Bertz CT molecular complexity index is 643. The third-order valence-electron chi connectivity index (χ3n) is 4.72. The highest BCUT2D eigenvalue weighted by atomic mass is 16.5. The number of carbonyl (C=O) groups is 4. The van der Waals surface area contributed by atoms with Gasteiger partial charge in [0.25, 0.3) is 5.60 Å². The highest BCUT2D eigenvalue weighted by Gasteiger charge is 2.65. The van der Waals surface area contributed by atoms with Gasteiger partial charge in [0.15, 0.2) is 17.3 Å². The Morgan fingerprint density at radius 1 is 0.773 bits per heavy atom. The van der Waals surface area contributed by atoms with Crippen LogP contribution in [0.15, 0.2) is 11.3 Å². The van der Waals surface area contributed by atoms with Gasteiger partial charge in [-0.25, -0.2) is 0 Å². The maximum absolute atomic E-state index is 12.7. The summed E-state index contributed by atoms with van der Waals surface area (Å²) in [5.41, 5.74) is -2.94.